The largest absolute Gasteiger partial charge is 0.326 e. The van der Waals surface area contributed by atoms with Crippen LogP contribution in [0, 0.1) is 18.3 Å². The predicted octanol–water partition coefficient (Wildman–Crippen LogP) is 3.61. The number of nitriles is 1. The van der Waals surface area contributed by atoms with Gasteiger partial charge in [-0.25, -0.2) is 8.42 Å². The van der Waals surface area contributed by atoms with Gasteiger partial charge in [-0.15, -0.1) is 0 Å². The average molecular weight is 381 g/mol. The number of sulfonamides is 1. The third-order valence-electron chi connectivity index (χ3n) is 4.44. The van der Waals surface area contributed by atoms with Crippen LogP contribution in [-0.2, 0) is 21.2 Å². The Labute approximate surface area is 158 Å². The normalized spacial score (nSPS) is 12.7. The van der Waals surface area contributed by atoms with Crippen molar-refractivity contribution in [1.82, 2.24) is 0 Å². The van der Waals surface area contributed by atoms with Gasteiger partial charge in [-0.3, -0.25) is 9.52 Å². The first-order valence-electron chi connectivity index (χ1n) is 8.51. The highest BCUT2D eigenvalue weighted by Crippen LogP contribution is 2.35. The van der Waals surface area contributed by atoms with Crippen LogP contribution >= 0.6 is 0 Å². The van der Waals surface area contributed by atoms with Crippen LogP contribution in [0.15, 0.2) is 47.4 Å². The van der Waals surface area contributed by atoms with E-state index in [-0.39, 0.29) is 10.8 Å². The van der Waals surface area contributed by atoms with Crippen LogP contribution in [0.3, 0.4) is 0 Å². The SMILES string of the molecule is CCC(=O)Nc1ccc(S(=O)(=O)Nc2ccc(C)c3c2CC=C3C#N)cc1. The molecule has 0 spiro atoms. The minimum absolute atomic E-state index is 0.0952. The lowest BCUT2D eigenvalue weighted by Crippen LogP contribution is -2.15. The van der Waals surface area contributed by atoms with Crippen molar-refractivity contribution < 1.29 is 13.2 Å². The van der Waals surface area contributed by atoms with E-state index in [1.165, 1.54) is 12.1 Å². The maximum Gasteiger partial charge on any atom is 0.261 e. The molecule has 0 heterocycles. The first kappa shape index (κ1) is 18.7. The molecule has 2 aromatic carbocycles. The molecule has 1 aliphatic rings. The Bertz CT molecular complexity index is 1080. The molecule has 0 unspecified atom stereocenters. The number of aryl methyl sites for hydroxylation is 1. The lowest BCUT2D eigenvalue weighted by Gasteiger charge is -2.14. The third kappa shape index (κ3) is 3.71. The molecule has 0 saturated heterocycles. The molecule has 0 atom stereocenters. The zero-order valence-corrected chi connectivity index (χ0v) is 15.9. The maximum atomic E-state index is 12.7. The van der Waals surface area contributed by atoms with Crippen LogP contribution in [-0.4, -0.2) is 14.3 Å². The van der Waals surface area contributed by atoms with E-state index < -0.39 is 10.0 Å². The van der Waals surface area contributed by atoms with Crippen molar-refractivity contribution in [3.8, 4) is 6.07 Å². The second-order valence-corrected chi connectivity index (χ2v) is 7.93. The Kier molecular flexibility index (Phi) is 5.02. The van der Waals surface area contributed by atoms with E-state index in [9.17, 15) is 18.5 Å². The van der Waals surface area contributed by atoms with Crippen LogP contribution in [0.1, 0.15) is 30.0 Å². The molecule has 1 amide bonds. The van der Waals surface area contributed by atoms with E-state index in [4.69, 9.17) is 0 Å². The van der Waals surface area contributed by atoms with Crippen molar-refractivity contribution in [2.75, 3.05) is 10.0 Å². The van der Waals surface area contributed by atoms with Gasteiger partial charge in [0.25, 0.3) is 10.0 Å². The monoisotopic (exact) mass is 381 g/mol. The number of fused-ring (bicyclic) bond motifs is 1. The van der Waals surface area contributed by atoms with Gasteiger partial charge >= 0.3 is 0 Å². The number of nitrogens with one attached hydrogen (secondary N) is 2. The molecule has 27 heavy (non-hydrogen) atoms. The zero-order chi connectivity index (χ0) is 19.6. The zero-order valence-electron chi connectivity index (χ0n) is 15.0. The van der Waals surface area contributed by atoms with Crippen molar-refractivity contribution in [1.29, 1.82) is 5.26 Å². The summed E-state index contributed by atoms with van der Waals surface area (Å²) < 4.78 is 28.1. The summed E-state index contributed by atoms with van der Waals surface area (Å²) in [6.07, 6.45) is 2.67. The Balaban J connectivity index is 1.87. The van der Waals surface area contributed by atoms with E-state index in [0.717, 1.165) is 16.7 Å². The van der Waals surface area contributed by atoms with Crippen molar-refractivity contribution >= 4 is 32.9 Å². The number of hydrogen-bond acceptors (Lipinski definition) is 4. The second kappa shape index (κ2) is 7.25. The number of allylic oxidation sites excluding steroid dienone is 2. The van der Waals surface area contributed by atoms with Crippen LogP contribution in [0.5, 0.6) is 0 Å². The van der Waals surface area contributed by atoms with E-state index in [2.05, 4.69) is 16.1 Å². The van der Waals surface area contributed by atoms with Crippen LogP contribution < -0.4 is 10.0 Å². The van der Waals surface area contributed by atoms with Gasteiger partial charge in [-0.2, -0.15) is 5.26 Å². The van der Waals surface area contributed by atoms with Crippen molar-refractivity contribution in [3.63, 3.8) is 0 Å². The fraction of sp³-hybridized carbons (Fsp3) is 0.200. The fourth-order valence-electron chi connectivity index (χ4n) is 3.03. The molecule has 0 bridgehead atoms. The Morgan fingerprint density at radius 1 is 1.19 bits per heavy atom. The number of hydrogen-bond donors (Lipinski definition) is 2. The van der Waals surface area contributed by atoms with E-state index in [0.29, 0.717) is 29.8 Å². The molecular weight excluding hydrogens is 362 g/mol. The number of nitrogens with zero attached hydrogens (tertiary/aromatic N) is 1. The van der Waals surface area contributed by atoms with E-state index in [1.807, 2.05) is 6.92 Å². The second-order valence-electron chi connectivity index (χ2n) is 6.25. The molecule has 138 valence electrons. The van der Waals surface area contributed by atoms with Crippen molar-refractivity contribution in [2.24, 2.45) is 0 Å². The van der Waals surface area contributed by atoms with Crippen LogP contribution in [0.2, 0.25) is 0 Å². The van der Waals surface area contributed by atoms with Gasteiger partial charge in [0.2, 0.25) is 5.91 Å². The standard InChI is InChI=1S/C20H19N3O3S/c1-3-19(24)22-15-6-8-16(9-7-15)27(25,26)23-18-11-4-13(2)20-14(12-21)5-10-17(18)20/h4-9,11,23H,3,10H2,1-2H3,(H,22,24). The highest BCUT2D eigenvalue weighted by molar-refractivity contribution is 7.92. The minimum atomic E-state index is -3.79. The van der Waals surface area contributed by atoms with Gasteiger partial charge in [-0.05, 0) is 54.8 Å². The number of benzene rings is 2. The number of anilines is 2. The highest BCUT2D eigenvalue weighted by Gasteiger charge is 2.23. The maximum absolute atomic E-state index is 12.7. The van der Waals surface area contributed by atoms with Gasteiger partial charge in [0.05, 0.1) is 22.2 Å². The quantitative estimate of drug-likeness (QED) is 0.826. The van der Waals surface area contributed by atoms with Crippen LogP contribution in [0.4, 0.5) is 11.4 Å². The first-order valence-corrected chi connectivity index (χ1v) is 10.00. The van der Waals surface area contributed by atoms with Gasteiger partial charge < -0.3 is 5.32 Å². The van der Waals surface area contributed by atoms with E-state index >= 15 is 0 Å². The summed E-state index contributed by atoms with van der Waals surface area (Å²) in [5.74, 6) is -0.139. The third-order valence-corrected chi connectivity index (χ3v) is 5.82. The predicted molar refractivity (Wildman–Crippen MR) is 105 cm³/mol. The average Bonchev–Trinajstić information content (AvgIpc) is 3.09. The lowest BCUT2D eigenvalue weighted by atomic mass is 9.99. The van der Waals surface area contributed by atoms with Gasteiger partial charge in [0, 0.05) is 17.7 Å². The molecule has 0 aromatic heterocycles. The first-order chi connectivity index (χ1) is 12.9. The summed E-state index contributed by atoms with van der Waals surface area (Å²) in [6, 6.07) is 11.7. The van der Waals surface area contributed by atoms with Crippen molar-refractivity contribution in [2.45, 2.75) is 31.6 Å². The number of carbonyl (C=O) groups is 1. The number of rotatable bonds is 5. The lowest BCUT2D eigenvalue weighted by molar-refractivity contribution is -0.115. The number of carbonyl (C=O) groups excluding carboxylic acids is 1. The summed E-state index contributed by atoms with van der Waals surface area (Å²) in [7, 11) is -3.79. The molecule has 0 radical (unpaired) electrons. The van der Waals surface area contributed by atoms with Crippen molar-refractivity contribution in [3.05, 3.63) is 59.2 Å². The van der Waals surface area contributed by atoms with Crippen LogP contribution in [0.25, 0.3) is 5.57 Å². The molecular formula is C20H19N3O3S. The molecule has 0 aliphatic heterocycles. The molecule has 3 rings (SSSR count). The highest BCUT2D eigenvalue weighted by atomic mass is 32.2. The summed E-state index contributed by atoms with van der Waals surface area (Å²) in [4.78, 5) is 11.5. The molecule has 0 fully saturated rings. The summed E-state index contributed by atoms with van der Waals surface area (Å²) in [5, 5.41) is 11.9. The molecule has 1 aliphatic carbocycles. The molecule has 0 saturated carbocycles. The molecule has 7 heteroatoms. The molecule has 2 N–H and O–H groups in total. The number of amides is 1. The Morgan fingerprint density at radius 2 is 1.89 bits per heavy atom. The Morgan fingerprint density at radius 3 is 2.52 bits per heavy atom. The Hall–Kier alpha value is -3.11. The topological polar surface area (TPSA) is 99.1 Å². The fourth-order valence-corrected chi connectivity index (χ4v) is 4.12. The van der Waals surface area contributed by atoms with Gasteiger partial charge in [0.15, 0.2) is 0 Å². The summed E-state index contributed by atoms with van der Waals surface area (Å²) >= 11 is 0. The summed E-state index contributed by atoms with van der Waals surface area (Å²) in [5.41, 5.74) is 4.13. The van der Waals surface area contributed by atoms with Gasteiger partial charge in [0.1, 0.15) is 0 Å². The minimum Gasteiger partial charge on any atom is -0.326 e. The van der Waals surface area contributed by atoms with Gasteiger partial charge in [-0.1, -0.05) is 19.1 Å². The smallest absolute Gasteiger partial charge is 0.261 e. The molecule has 2 aromatic rings. The summed E-state index contributed by atoms with van der Waals surface area (Å²) in [6.45, 7) is 3.64. The van der Waals surface area contributed by atoms with E-state index in [1.54, 1.807) is 37.3 Å². The molecule has 6 nitrogen and oxygen atoms in total.